The first-order valence-corrected chi connectivity index (χ1v) is 18.5. The molecule has 0 spiro atoms. The maximum atomic E-state index is 4.00. The van der Waals surface area contributed by atoms with E-state index in [1.54, 1.807) is 0 Å². The van der Waals surface area contributed by atoms with E-state index in [1.165, 1.54) is 193 Å². The summed E-state index contributed by atoms with van der Waals surface area (Å²) in [6.07, 6.45) is 50.7. The summed E-state index contributed by atoms with van der Waals surface area (Å²) >= 11 is 0. The highest BCUT2D eigenvalue weighted by atomic mass is 15.1. The lowest BCUT2D eigenvalue weighted by Gasteiger charge is -2.20. The van der Waals surface area contributed by atoms with Gasteiger partial charge in [0.25, 0.3) is 0 Å². The summed E-state index contributed by atoms with van der Waals surface area (Å²) in [5.41, 5.74) is 0. The fourth-order valence-electron chi connectivity index (χ4n) is 5.64. The molecule has 0 aromatic heterocycles. The Morgan fingerprint density at radius 2 is 0.650 bits per heavy atom. The number of hydrogen-bond acceptors (Lipinski definition) is 1. The number of hydrogen-bond donors (Lipinski definition) is 0. The molecule has 0 rings (SSSR count). The molecule has 0 amide bonds. The largest absolute Gasteiger partial charge is 0.300 e. The van der Waals surface area contributed by atoms with Crippen molar-refractivity contribution in [2.75, 3.05) is 19.6 Å². The van der Waals surface area contributed by atoms with Gasteiger partial charge in [0.1, 0.15) is 0 Å². The topological polar surface area (TPSA) is 3.24 Å². The molecule has 0 aliphatic heterocycles. The normalized spacial score (nSPS) is 12.0. The molecule has 0 aliphatic rings. The van der Waals surface area contributed by atoms with E-state index in [0.29, 0.717) is 0 Å². The van der Waals surface area contributed by atoms with E-state index in [9.17, 15) is 0 Å². The molecule has 0 aromatic rings. The molecule has 40 heavy (non-hydrogen) atoms. The first-order chi connectivity index (χ1) is 19.8. The van der Waals surface area contributed by atoms with Crippen LogP contribution in [0.3, 0.4) is 0 Å². The van der Waals surface area contributed by atoms with Gasteiger partial charge in [-0.15, -0.1) is 6.58 Å². The van der Waals surface area contributed by atoms with Gasteiger partial charge in [0.2, 0.25) is 0 Å². The molecule has 1 nitrogen and oxygen atoms in total. The highest BCUT2D eigenvalue weighted by molar-refractivity contribution is 4.82. The molecule has 0 atom stereocenters. The lowest BCUT2D eigenvalue weighted by Crippen LogP contribution is -2.26. The van der Waals surface area contributed by atoms with Gasteiger partial charge in [0.15, 0.2) is 0 Å². The Hall–Kier alpha value is -0.820. The minimum atomic E-state index is 1.07. The van der Waals surface area contributed by atoms with E-state index in [2.05, 4.69) is 55.7 Å². The monoisotopic (exact) mass is 558 g/mol. The molecule has 0 heterocycles. The van der Waals surface area contributed by atoms with Gasteiger partial charge in [-0.3, -0.25) is 4.90 Å². The Morgan fingerprint density at radius 1 is 0.375 bits per heavy atom. The van der Waals surface area contributed by atoms with Crippen LogP contribution in [0.15, 0.2) is 37.0 Å². The maximum absolute atomic E-state index is 4.00. The number of unbranched alkanes of at least 4 members (excludes halogenated alkanes) is 24. The third-order valence-electron chi connectivity index (χ3n) is 8.36. The number of allylic oxidation sites excluding steroid dienone is 4. The lowest BCUT2D eigenvalue weighted by atomic mass is 10.1. The molecule has 0 aromatic carbocycles. The van der Waals surface area contributed by atoms with Gasteiger partial charge >= 0.3 is 0 Å². The molecular weight excluding hydrogens is 482 g/mol. The van der Waals surface area contributed by atoms with Crippen molar-refractivity contribution in [3.8, 4) is 0 Å². The van der Waals surface area contributed by atoms with E-state index in [1.807, 2.05) is 0 Å². The van der Waals surface area contributed by atoms with Crippen LogP contribution < -0.4 is 0 Å². The summed E-state index contributed by atoms with van der Waals surface area (Å²) in [6.45, 7) is 12.2. The summed E-state index contributed by atoms with van der Waals surface area (Å²) < 4.78 is 0. The van der Waals surface area contributed by atoms with Crippen LogP contribution in [0.25, 0.3) is 0 Å². The zero-order chi connectivity index (χ0) is 29.0. The van der Waals surface area contributed by atoms with Crippen LogP contribution in [0.2, 0.25) is 0 Å². The van der Waals surface area contributed by atoms with E-state index >= 15 is 0 Å². The zero-order valence-electron chi connectivity index (χ0n) is 28.0. The van der Waals surface area contributed by atoms with Crippen LogP contribution in [-0.4, -0.2) is 24.5 Å². The summed E-state index contributed by atoms with van der Waals surface area (Å²) in [4.78, 5) is 2.64. The first kappa shape index (κ1) is 39.2. The average Bonchev–Trinajstić information content (AvgIpc) is 2.96. The quantitative estimate of drug-likeness (QED) is 0.0561. The van der Waals surface area contributed by atoms with Crippen molar-refractivity contribution in [3.05, 3.63) is 37.0 Å². The minimum Gasteiger partial charge on any atom is -0.300 e. The van der Waals surface area contributed by atoms with E-state index in [-0.39, 0.29) is 0 Å². The zero-order valence-corrected chi connectivity index (χ0v) is 28.0. The molecule has 0 unspecified atom stereocenters. The van der Waals surface area contributed by atoms with Crippen molar-refractivity contribution >= 4 is 0 Å². The highest BCUT2D eigenvalue weighted by Gasteiger charge is 2.03. The van der Waals surface area contributed by atoms with Crippen molar-refractivity contribution in [3.63, 3.8) is 0 Å². The molecular formula is C39H75N. The molecule has 0 N–H and O–H groups in total. The van der Waals surface area contributed by atoms with Gasteiger partial charge in [-0.1, -0.05) is 160 Å². The Morgan fingerprint density at radius 3 is 0.950 bits per heavy atom. The van der Waals surface area contributed by atoms with Crippen LogP contribution in [0.5, 0.6) is 0 Å². The molecule has 0 fully saturated rings. The standard InChI is InChI=1S/C39H75N/c1-4-7-9-11-13-15-17-19-21-23-25-27-29-31-33-35-38-40(37-6-3)39-36-34-32-30-28-26-24-22-20-18-16-14-12-10-8-5-2/h6,19-22H,3-5,7-18,23-39H2,1-2H3/b21-19-,22-20-. The van der Waals surface area contributed by atoms with Crippen LogP contribution >= 0.6 is 0 Å². The van der Waals surface area contributed by atoms with Gasteiger partial charge < -0.3 is 0 Å². The van der Waals surface area contributed by atoms with Crippen molar-refractivity contribution < 1.29 is 0 Å². The molecule has 0 bridgehead atoms. The van der Waals surface area contributed by atoms with Gasteiger partial charge in [-0.2, -0.15) is 0 Å². The predicted molar refractivity (Wildman–Crippen MR) is 186 cm³/mol. The predicted octanol–water partition coefficient (Wildman–Crippen LogP) is 13.5. The summed E-state index contributed by atoms with van der Waals surface area (Å²) in [5.74, 6) is 0. The van der Waals surface area contributed by atoms with Crippen molar-refractivity contribution in [1.29, 1.82) is 0 Å². The molecule has 1 heteroatoms. The van der Waals surface area contributed by atoms with Crippen LogP contribution in [0, 0.1) is 0 Å². The molecule has 0 saturated carbocycles. The second kappa shape index (κ2) is 36.2. The van der Waals surface area contributed by atoms with E-state index in [0.717, 1.165) is 6.54 Å². The van der Waals surface area contributed by atoms with Crippen molar-refractivity contribution in [1.82, 2.24) is 4.90 Å². The third kappa shape index (κ3) is 33.4. The third-order valence-corrected chi connectivity index (χ3v) is 8.36. The number of nitrogens with zero attached hydrogens (tertiary/aromatic N) is 1. The minimum absolute atomic E-state index is 1.07. The summed E-state index contributed by atoms with van der Waals surface area (Å²) in [5, 5.41) is 0. The van der Waals surface area contributed by atoms with Crippen LogP contribution in [0.4, 0.5) is 0 Å². The molecule has 236 valence electrons. The van der Waals surface area contributed by atoms with E-state index < -0.39 is 0 Å². The Balaban J connectivity index is 3.45. The van der Waals surface area contributed by atoms with E-state index in [4.69, 9.17) is 0 Å². The SMILES string of the molecule is C=CCN(CCCCCCCC/C=C\CCCCCCCC)CCCCCCCC/C=C\CCCCCCCC. The van der Waals surface area contributed by atoms with Gasteiger partial charge in [-0.25, -0.2) is 0 Å². The summed E-state index contributed by atoms with van der Waals surface area (Å²) in [7, 11) is 0. The molecule has 0 radical (unpaired) electrons. The second-order valence-corrected chi connectivity index (χ2v) is 12.5. The van der Waals surface area contributed by atoms with Crippen molar-refractivity contribution in [2.24, 2.45) is 0 Å². The van der Waals surface area contributed by atoms with Gasteiger partial charge in [0.05, 0.1) is 0 Å². The smallest absolute Gasteiger partial charge is 0.0160 e. The molecule has 0 aliphatic carbocycles. The van der Waals surface area contributed by atoms with Crippen LogP contribution in [-0.2, 0) is 0 Å². The highest BCUT2D eigenvalue weighted by Crippen LogP contribution is 2.12. The van der Waals surface area contributed by atoms with Crippen molar-refractivity contribution in [2.45, 2.75) is 194 Å². The Kier molecular flexibility index (Phi) is 35.5. The fourth-order valence-corrected chi connectivity index (χ4v) is 5.64. The van der Waals surface area contributed by atoms with Gasteiger partial charge in [-0.05, 0) is 77.3 Å². The Bertz CT molecular complexity index is 477. The maximum Gasteiger partial charge on any atom is 0.0160 e. The fraction of sp³-hybridized carbons (Fsp3) is 0.846. The van der Waals surface area contributed by atoms with Crippen LogP contribution in [0.1, 0.15) is 194 Å². The lowest BCUT2D eigenvalue weighted by molar-refractivity contribution is 0.286. The first-order valence-electron chi connectivity index (χ1n) is 18.5. The summed E-state index contributed by atoms with van der Waals surface area (Å²) in [6, 6.07) is 0. The molecule has 0 saturated heterocycles. The number of rotatable bonds is 34. The second-order valence-electron chi connectivity index (χ2n) is 12.5. The van der Waals surface area contributed by atoms with Gasteiger partial charge in [0, 0.05) is 6.54 Å². The Labute approximate surface area is 254 Å². The average molecular weight is 558 g/mol.